The summed E-state index contributed by atoms with van der Waals surface area (Å²) in [5.41, 5.74) is 1.98. The zero-order valence-corrected chi connectivity index (χ0v) is 12.3. The SMILES string of the molecule is CCN(CC)c1ccc(N2C(=O)[C@H](C)NC2=S)cc1. The van der Waals surface area contributed by atoms with E-state index in [1.54, 1.807) is 4.90 Å². The normalized spacial score (nSPS) is 18.7. The van der Waals surface area contributed by atoms with Crippen LogP contribution in [0, 0.1) is 0 Å². The van der Waals surface area contributed by atoms with Crippen LogP contribution in [0.3, 0.4) is 0 Å². The molecule has 1 heterocycles. The highest BCUT2D eigenvalue weighted by Crippen LogP contribution is 2.23. The average molecular weight is 277 g/mol. The van der Waals surface area contributed by atoms with Crippen molar-refractivity contribution in [3.8, 4) is 0 Å². The zero-order chi connectivity index (χ0) is 14.0. The minimum absolute atomic E-state index is 0.000546. The van der Waals surface area contributed by atoms with Gasteiger partial charge >= 0.3 is 0 Å². The lowest BCUT2D eigenvalue weighted by atomic mass is 10.2. The minimum Gasteiger partial charge on any atom is -0.372 e. The van der Waals surface area contributed by atoms with Crippen LogP contribution in [0.15, 0.2) is 24.3 Å². The van der Waals surface area contributed by atoms with Gasteiger partial charge in [-0.1, -0.05) is 0 Å². The molecule has 0 saturated carbocycles. The number of thiocarbonyl (C=S) groups is 1. The first-order valence-electron chi connectivity index (χ1n) is 6.58. The topological polar surface area (TPSA) is 35.6 Å². The highest BCUT2D eigenvalue weighted by Gasteiger charge is 2.33. The summed E-state index contributed by atoms with van der Waals surface area (Å²) in [6.45, 7) is 8.01. The Hall–Kier alpha value is -1.62. The number of hydrogen-bond donors (Lipinski definition) is 1. The van der Waals surface area contributed by atoms with E-state index in [0.717, 1.165) is 24.5 Å². The number of anilines is 2. The molecule has 1 aliphatic heterocycles. The van der Waals surface area contributed by atoms with Crippen LogP contribution in [-0.4, -0.2) is 30.2 Å². The van der Waals surface area contributed by atoms with Crippen LogP contribution < -0.4 is 15.1 Å². The van der Waals surface area contributed by atoms with Gasteiger partial charge in [-0.2, -0.15) is 0 Å². The molecule has 1 aliphatic rings. The standard InChI is InChI=1S/C14H19N3OS/c1-4-16(5-2)11-6-8-12(9-7-11)17-13(18)10(3)15-14(17)19/h6-10H,4-5H2,1-3H3,(H,15,19)/t10-/m0/s1. The molecule has 4 nitrogen and oxygen atoms in total. The molecule has 1 aromatic rings. The zero-order valence-electron chi connectivity index (χ0n) is 11.5. The number of nitrogens with zero attached hydrogens (tertiary/aromatic N) is 2. The van der Waals surface area contributed by atoms with Crippen molar-refractivity contribution in [1.82, 2.24) is 5.32 Å². The first-order chi connectivity index (χ1) is 9.08. The monoisotopic (exact) mass is 277 g/mol. The average Bonchev–Trinajstić information content (AvgIpc) is 2.66. The maximum atomic E-state index is 12.0. The third-order valence-corrected chi connectivity index (χ3v) is 3.67. The predicted octanol–water partition coefficient (Wildman–Crippen LogP) is 2.14. The minimum atomic E-state index is -0.241. The van der Waals surface area contributed by atoms with Crippen LogP contribution >= 0.6 is 12.2 Å². The first kappa shape index (κ1) is 13.8. The lowest BCUT2D eigenvalue weighted by Gasteiger charge is -2.22. The highest BCUT2D eigenvalue weighted by molar-refractivity contribution is 7.80. The Morgan fingerprint density at radius 2 is 1.84 bits per heavy atom. The number of carbonyl (C=O) groups is 1. The fraction of sp³-hybridized carbons (Fsp3) is 0.429. The fourth-order valence-corrected chi connectivity index (χ4v) is 2.62. The van der Waals surface area contributed by atoms with Crippen LogP contribution in [0.1, 0.15) is 20.8 Å². The molecule has 1 atom stereocenters. The van der Waals surface area contributed by atoms with Gasteiger partial charge in [-0.05, 0) is 57.3 Å². The molecular weight excluding hydrogens is 258 g/mol. The van der Waals surface area contributed by atoms with E-state index in [1.165, 1.54) is 0 Å². The Balaban J connectivity index is 2.23. The number of rotatable bonds is 4. The summed E-state index contributed by atoms with van der Waals surface area (Å²) >= 11 is 5.19. The van der Waals surface area contributed by atoms with Gasteiger partial charge in [-0.3, -0.25) is 9.69 Å². The molecule has 5 heteroatoms. The van der Waals surface area contributed by atoms with Crippen LogP contribution in [-0.2, 0) is 4.79 Å². The lowest BCUT2D eigenvalue weighted by molar-refractivity contribution is -0.117. The van der Waals surface area contributed by atoms with Crippen molar-refractivity contribution in [2.45, 2.75) is 26.8 Å². The molecule has 0 aliphatic carbocycles. The maximum Gasteiger partial charge on any atom is 0.255 e. The van der Waals surface area contributed by atoms with Gasteiger partial charge < -0.3 is 10.2 Å². The van der Waals surface area contributed by atoms with E-state index >= 15 is 0 Å². The van der Waals surface area contributed by atoms with Gasteiger partial charge in [-0.15, -0.1) is 0 Å². The second kappa shape index (κ2) is 5.57. The van der Waals surface area contributed by atoms with Crippen LogP contribution in [0.4, 0.5) is 11.4 Å². The summed E-state index contributed by atoms with van der Waals surface area (Å²) in [5.74, 6) is 0.000546. The Labute approximate surface area is 119 Å². The summed E-state index contributed by atoms with van der Waals surface area (Å²) < 4.78 is 0. The second-order valence-electron chi connectivity index (χ2n) is 4.53. The molecule has 1 fully saturated rings. The Kier molecular flexibility index (Phi) is 4.04. The van der Waals surface area contributed by atoms with Crippen LogP contribution in [0.25, 0.3) is 0 Å². The molecular formula is C14H19N3OS. The molecule has 1 saturated heterocycles. The predicted molar refractivity (Wildman–Crippen MR) is 82.7 cm³/mol. The van der Waals surface area contributed by atoms with Crippen molar-refractivity contribution < 1.29 is 4.79 Å². The second-order valence-corrected chi connectivity index (χ2v) is 4.92. The fourth-order valence-electron chi connectivity index (χ4n) is 2.25. The molecule has 0 radical (unpaired) electrons. The summed E-state index contributed by atoms with van der Waals surface area (Å²) in [4.78, 5) is 15.8. The smallest absolute Gasteiger partial charge is 0.255 e. The third kappa shape index (κ3) is 2.56. The van der Waals surface area contributed by atoms with Crippen molar-refractivity contribution in [2.24, 2.45) is 0 Å². The van der Waals surface area contributed by atoms with E-state index in [-0.39, 0.29) is 11.9 Å². The molecule has 0 spiro atoms. The molecule has 19 heavy (non-hydrogen) atoms. The number of amides is 1. The molecule has 2 rings (SSSR count). The Morgan fingerprint density at radius 3 is 2.26 bits per heavy atom. The van der Waals surface area contributed by atoms with E-state index in [4.69, 9.17) is 12.2 Å². The molecule has 0 unspecified atom stereocenters. The number of hydrogen-bond acceptors (Lipinski definition) is 3. The van der Waals surface area contributed by atoms with Gasteiger partial charge in [0.15, 0.2) is 5.11 Å². The number of nitrogens with one attached hydrogen (secondary N) is 1. The van der Waals surface area contributed by atoms with E-state index in [0.29, 0.717) is 5.11 Å². The largest absolute Gasteiger partial charge is 0.372 e. The summed E-state index contributed by atoms with van der Waals surface area (Å²) in [5, 5.41) is 3.45. The van der Waals surface area contributed by atoms with Gasteiger partial charge in [0.2, 0.25) is 0 Å². The lowest BCUT2D eigenvalue weighted by Crippen LogP contribution is -2.30. The van der Waals surface area contributed by atoms with Crippen LogP contribution in [0.2, 0.25) is 0 Å². The number of carbonyl (C=O) groups excluding carboxylic acids is 1. The van der Waals surface area contributed by atoms with Gasteiger partial charge in [0, 0.05) is 18.8 Å². The summed E-state index contributed by atoms with van der Waals surface area (Å²) in [7, 11) is 0. The number of benzene rings is 1. The molecule has 0 bridgehead atoms. The van der Waals surface area contributed by atoms with Gasteiger partial charge in [0.25, 0.3) is 5.91 Å². The van der Waals surface area contributed by atoms with Gasteiger partial charge in [0.05, 0.1) is 5.69 Å². The van der Waals surface area contributed by atoms with Crippen LogP contribution in [0.5, 0.6) is 0 Å². The third-order valence-electron chi connectivity index (χ3n) is 3.37. The highest BCUT2D eigenvalue weighted by atomic mass is 32.1. The molecule has 1 amide bonds. The van der Waals surface area contributed by atoms with Crippen molar-refractivity contribution in [3.63, 3.8) is 0 Å². The van der Waals surface area contributed by atoms with Crippen molar-refractivity contribution in [3.05, 3.63) is 24.3 Å². The Morgan fingerprint density at radius 1 is 1.26 bits per heavy atom. The molecule has 1 aromatic carbocycles. The van der Waals surface area contributed by atoms with Gasteiger partial charge in [0.1, 0.15) is 6.04 Å². The molecule has 0 aromatic heterocycles. The maximum absolute atomic E-state index is 12.0. The summed E-state index contributed by atoms with van der Waals surface area (Å²) in [6, 6.07) is 7.70. The Bertz CT molecular complexity index is 482. The van der Waals surface area contributed by atoms with E-state index < -0.39 is 0 Å². The first-order valence-corrected chi connectivity index (χ1v) is 6.98. The van der Waals surface area contributed by atoms with Crippen molar-refractivity contribution in [1.29, 1.82) is 0 Å². The van der Waals surface area contributed by atoms with Gasteiger partial charge in [-0.25, -0.2) is 0 Å². The van der Waals surface area contributed by atoms with Crippen molar-refractivity contribution in [2.75, 3.05) is 22.9 Å². The van der Waals surface area contributed by atoms with E-state index in [2.05, 4.69) is 24.1 Å². The summed E-state index contributed by atoms with van der Waals surface area (Å²) in [6.07, 6.45) is 0. The quantitative estimate of drug-likeness (QED) is 0.855. The van der Waals surface area contributed by atoms with E-state index in [1.807, 2.05) is 31.2 Å². The van der Waals surface area contributed by atoms with E-state index in [9.17, 15) is 4.79 Å². The molecule has 1 N–H and O–H groups in total. The van der Waals surface area contributed by atoms with Crippen molar-refractivity contribution >= 4 is 34.6 Å². The molecule has 102 valence electrons.